The fourth-order valence-electron chi connectivity index (χ4n) is 1.22. The third-order valence-electron chi connectivity index (χ3n) is 1.86. The van der Waals surface area contributed by atoms with Gasteiger partial charge in [-0.15, -0.1) is 13.2 Å². The highest BCUT2D eigenvalue weighted by molar-refractivity contribution is 5.73. The van der Waals surface area contributed by atoms with Crippen LogP contribution in [0.2, 0.25) is 0 Å². The van der Waals surface area contributed by atoms with E-state index in [0.717, 1.165) is 6.07 Å². The molecule has 0 aliphatic heterocycles. The molecule has 1 heterocycles. The van der Waals surface area contributed by atoms with E-state index in [-0.39, 0.29) is 23.5 Å². The highest BCUT2D eigenvalue weighted by Crippen LogP contribution is 2.28. The molecule has 1 aromatic heterocycles. The number of nitrogens with two attached hydrogens (primary N) is 1. The third kappa shape index (κ3) is 2.93. The van der Waals surface area contributed by atoms with Crippen molar-refractivity contribution in [3.8, 4) is 5.75 Å². The van der Waals surface area contributed by atoms with Gasteiger partial charge in [0.25, 0.3) is 0 Å². The number of hydrogen-bond donors (Lipinski definition) is 1. The van der Waals surface area contributed by atoms with Crippen LogP contribution in [-0.4, -0.2) is 17.6 Å². The van der Waals surface area contributed by atoms with Gasteiger partial charge in [-0.05, 0) is 6.92 Å². The first-order chi connectivity index (χ1) is 7.37. The molecule has 0 aliphatic rings. The molecule has 1 aromatic rings. The Hall–Kier alpha value is -1.63. The van der Waals surface area contributed by atoms with Gasteiger partial charge in [0, 0.05) is 23.9 Å². The molecule has 0 radical (unpaired) electrons. The van der Waals surface area contributed by atoms with E-state index in [0.29, 0.717) is 6.29 Å². The van der Waals surface area contributed by atoms with Crippen molar-refractivity contribution in [1.29, 1.82) is 0 Å². The Morgan fingerprint density at radius 1 is 1.56 bits per heavy atom. The number of ether oxygens (including phenoxy) is 1. The summed E-state index contributed by atoms with van der Waals surface area (Å²) in [7, 11) is 0. The topological polar surface area (TPSA) is 65.2 Å². The van der Waals surface area contributed by atoms with Crippen molar-refractivity contribution in [3.63, 3.8) is 0 Å². The van der Waals surface area contributed by atoms with Gasteiger partial charge in [0.2, 0.25) is 0 Å². The van der Waals surface area contributed by atoms with Gasteiger partial charge in [-0.25, -0.2) is 4.98 Å². The molecule has 0 bridgehead atoms. The molecule has 7 heteroatoms. The minimum Gasteiger partial charge on any atom is -0.405 e. The summed E-state index contributed by atoms with van der Waals surface area (Å²) in [6.07, 6.45) is -4.48. The van der Waals surface area contributed by atoms with Crippen LogP contribution in [0.1, 0.15) is 21.7 Å². The van der Waals surface area contributed by atoms with Crippen LogP contribution in [0.3, 0.4) is 0 Å². The molecule has 0 saturated heterocycles. The Labute approximate surface area is 89.2 Å². The van der Waals surface area contributed by atoms with Gasteiger partial charge in [0.15, 0.2) is 6.29 Å². The summed E-state index contributed by atoms with van der Waals surface area (Å²) in [6, 6.07) is 0.912. The van der Waals surface area contributed by atoms with E-state index in [4.69, 9.17) is 5.73 Å². The van der Waals surface area contributed by atoms with E-state index in [1.54, 1.807) is 0 Å². The first kappa shape index (κ1) is 12.4. The van der Waals surface area contributed by atoms with Crippen LogP contribution < -0.4 is 10.5 Å². The normalized spacial score (nSPS) is 11.3. The average molecular weight is 234 g/mol. The van der Waals surface area contributed by atoms with Crippen molar-refractivity contribution >= 4 is 6.29 Å². The van der Waals surface area contributed by atoms with Crippen LogP contribution >= 0.6 is 0 Å². The van der Waals surface area contributed by atoms with Crippen LogP contribution in [-0.2, 0) is 6.54 Å². The number of hydrogen-bond acceptors (Lipinski definition) is 4. The number of nitrogens with zero attached hydrogens (tertiary/aromatic N) is 1. The number of rotatable bonds is 3. The fraction of sp³-hybridized carbons (Fsp3) is 0.333. The second kappa shape index (κ2) is 4.48. The maximum Gasteiger partial charge on any atom is 0.573 e. The fourth-order valence-corrected chi connectivity index (χ4v) is 1.22. The molecule has 0 unspecified atom stereocenters. The summed E-state index contributed by atoms with van der Waals surface area (Å²) in [5, 5.41) is 0. The van der Waals surface area contributed by atoms with Crippen LogP contribution in [0.4, 0.5) is 13.2 Å². The SMILES string of the molecule is Cc1nc(C=O)cc(OC(F)(F)F)c1CN. The molecule has 1 rings (SSSR count). The van der Waals surface area contributed by atoms with E-state index in [9.17, 15) is 18.0 Å². The predicted octanol–water partition coefficient (Wildman–Crippen LogP) is 1.56. The smallest absolute Gasteiger partial charge is 0.405 e. The quantitative estimate of drug-likeness (QED) is 0.806. The van der Waals surface area contributed by atoms with Crippen LogP contribution in [0.15, 0.2) is 6.07 Å². The molecular formula is C9H9F3N2O2. The zero-order valence-electron chi connectivity index (χ0n) is 8.34. The molecule has 2 N–H and O–H groups in total. The molecule has 0 aromatic carbocycles. The van der Waals surface area contributed by atoms with Gasteiger partial charge < -0.3 is 10.5 Å². The molecule has 0 fully saturated rings. The average Bonchev–Trinajstić information content (AvgIpc) is 2.14. The number of aryl methyl sites for hydroxylation is 1. The lowest BCUT2D eigenvalue weighted by molar-refractivity contribution is -0.274. The summed E-state index contributed by atoms with van der Waals surface area (Å²) >= 11 is 0. The largest absolute Gasteiger partial charge is 0.573 e. The highest BCUT2D eigenvalue weighted by Gasteiger charge is 2.32. The monoisotopic (exact) mass is 234 g/mol. The van der Waals surface area contributed by atoms with E-state index in [1.165, 1.54) is 6.92 Å². The Morgan fingerprint density at radius 2 is 2.19 bits per heavy atom. The summed E-state index contributed by atoms with van der Waals surface area (Å²) < 4.78 is 39.9. The molecule has 0 atom stereocenters. The molecule has 0 aliphatic carbocycles. The number of alkyl halides is 3. The Balaban J connectivity index is 3.23. The van der Waals surface area contributed by atoms with Gasteiger partial charge in [-0.3, -0.25) is 4.79 Å². The zero-order chi connectivity index (χ0) is 12.3. The van der Waals surface area contributed by atoms with E-state index < -0.39 is 12.1 Å². The number of carbonyl (C=O) groups is 1. The van der Waals surface area contributed by atoms with Crippen LogP contribution in [0.5, 0.6) is 5.75 Å². The zero-order valence-corrected chi connectivity index (χ0v) is 8.34. The minimum atomic E-state index is -4.82. The first-order valence-corrected chi connectivity index (χ1v) is 4.29. The number of pyridine rings is 1. The molecule has 0 saturated carbocycles. The number of aldehydes is 1. The Kier molecular flexibility index (Phi) is 3.48. The van der Waals surface area contributed by atoms with Gasteiger partial charge in [-0.2, -0.15) is 0 Å². The molecule has 88 valence electrons. The molecule has 0 spiro atoms. The summed E-state index contributed by atoms with van der Waals surface area (Å²) in [5.74, 6) is -0.482. The van der Waals surface area contributed by atoms with Gasteiger partial charge in [0.05, 0.1) is 0 Å². The molecule has 0 amide bonds. The minimum absolute atomic E-state index is 0.128. The summed E-state index contributed by atoms with van der Waals surface area (Å²) in [5.41, 5.74) is 5.53. The molecule has 4 nitrogen and oxygen atoms in total. The Bertz CT molecular complexity index is 404. The lowest BCUT2D eigenvalue weighted by atomic mass is 10.1. The standard InChI is InChI=1S/C9H9F3N2O2/c1-5-7(3-13)8(16-9(10,11)12)2-6(4-15)14-5/h2,4H,3,13H2,1H3. The predicted molar refractivity (Wildman–Crippen MR) is 48.9 cm³/mol. The maximum absolute atomic E-state index is 12.1. The van der Waals surface area contributed by atoms with Gasteiger partial charge >= 0.3 is 6.36 Å². The number of carbonyl (C=O) groups excluding carboxylic acids is 1. The van der Waals surface area contributed by atoms with Crippen LogP contribution in [0, 0.1) is 6.92 Å². The number of aromatic nitrogens is 1. The lowest BCUT2D eigenvalue weighted by Crippen LogP contribution is -2.19. The van der Waals surface area contributed by atoms with E-state index in [1.807, 2.05) is 0 Å². The summed E-state index contributed by atoms with van der Waals surface area (Å²) in [6.45, 7) is 1.31. The van der Waals surface area contributed by atoms with Crippen molar-refractivity contribution in [2.45, 2.75) is 19.8 Å². The molecular weight excluding hydrogens is 225 g/mol. The lowest BCUT2D eigenvalue weighted by Gasteiger charge is -2.14. The second-order valence-electron chi connectivity index (χ2n) is 2.98. The van der Waals surface area contributed by atoms with Crippen molar-refractivity contribution < 1.29 is 22.7 Å². The van der Waals surface area contributed by atoms with E-state index in [2.05, 4.69) is 9.72 Å². The van der Waals surface area contributed by atoms with Crippen molar-refractivity contribution in [1.82, 2.24) is 4.98 Å². The highest BCUT2D eigenvalue weighted by atomic mass is 19.4. The number of halogens is 3. The summed E-state index contributed by atoms with van der Waals surface area (Å²) in [4.78, 5) is 14.2. The first-order valence-electron chi connectivity index (χ1n) is 4.29. The van der Waals surface area contributed by atoms with Gasteiger partial charge in [-0.1, -0.05) is 0 Å². The molecule has 16 heavy (non-hydrogen) atoms. The van der Waals surface area contributed by atoms with Crippen molar-refractivity contribution in [3.05, 3.63) is 23.0 Å². The Morgan fingerprint density at radius 3 is 2.62 bits per heavy atom. The second-order valence-corrected chi connectivity index (χ2v) is 2.98. The van der Waals surface area contributed by atoms with E-state index >= 15 is 0 Å². The van der Waals surface area contributed by atoms with Gasteiger partial charge in [0.1, 0.15) is 11.4 Å². The van der Waals surface area contributed by atoms with Crippen LogP contribution in [0.25, 0.3) is 0 Å². The maximum atomic E-state index is 12.1. The third-order valence-corrected chi connectivity index (χ3v) is 1.86. The van der Waals surface area contributed by atoms with Crippen molar-refractivity contribution in [2.24, 2.45) is 5.73 Å². The van der Waals surface area contributed by atoms with Crippen molar-refractivity contribution in [2.75, 3.05) is 0 Å².